The van der Waals surface area contributed by atoms with Crippen molar-refractivity contribution in [1.82, 2.24) is 9.88 Å². The molecule has 0 unspecified atom stereocenters. The molecule has 108 valence electrons. The van der Waals surface area contributed by atoms with Crippen molar-refractivity contribution in [2.45, 2.75) is 18.9 Å². The monoisotopic (exact) mass is 280 g/mol. The van der Waals surface area contributed by atoms with Crippen LogP contribution in [0.4, 0.5) is 11.5 Å². The number of hydrogen-bond donors (Lipinski definition) is 1. The lowest BCUT2D eigenvalue weighted by molar-refractivity contribution is -0.385. The SMILES string of the molecule is COC1CCN(C(=O)c2cc([N+](=O)[O-])cnc2N)CC1. The van der Waals surface area contributed by atoms with Crippen LogP contribution in [0.25, 0.3) is 0 Å². The molecule has 0 radical (unpaired) electrons. The predicted molar refractivity (Wildman–Crippen MR) is 71.2 cm³/mol. The van der Waals surface area contributed by atoms with E-state index in [1.807, 2.05) is 0 Å². The summed E-state index contributed by atoms with van der Waals surface area (Å²) >= 11 is 0. The molecular weight excluding hydrogens is 264 g/mol. The maximum atomic E-state index is 12.3. The Morgan fingerprint density at radius 2 is 2.20 bits per heavy atom. The van der Waals surface area contributed by atoms with E-state index in [0.717, 1.165) is 19.0 Å². The molecular formula is C12H16N4O4. The van der Waals surface area contributed by atoms with Crippen molar-refractivity contribution in [3.05, 3.63) is 27.9 Å². The molecule has 0 aliphatic carbocycles. The van der Waals surface area contributed by atoms with Crippen LogP contribution in [0.1, 0.15) is 23.2 Å². The highest BCUT2D eigenvalue weighted by Crippen LogP contribution is 2.21. The minimum Gasteiger partial charge on any atom is -0.383 e. The molecule has 0 spiro atoms. The Labute approximate surface area is 115 Å². The summed E-state index contributed by atoms with van der Waals surface area (Å²) < 4.78 is 5.23. The van der Waals surface area contributed by atoms with Gasteiger partial charge >= 0.3 is 0 Å². The van der Waals surface area contributed by atoms with Gasteiger partial charge in [0.05, 0.1) is 16.6 Å². The molecule has 0 aromatic carbocycles. The number of ether oxygens (including phenoxy) is 1. The second kappa shape index (κ2) is 5.83. The van der Waals surface area contributed by atoms with Crippen LogP contribution in [0.3, 0.4) is 0 Å². The van der Waals surface area contributed by atoms with Gasteiger partial charge in [0.2, 0.25) is 0 Å². The average Bonchev–Trinajstić information content (AvgIpc) is 2.47. The summed E-state index contributed by atoms with van der Waals surface area (Å²) in [5.41, 5.74) is 5.48. The molecule has 1 amide bonds. The van der Waals surface area contributed by atoms with Gasteiger partial charge in [-0.05, 0) is 12.8 Å². The van der Waals surface area contributed by atoms with E-state index in [1.54, 1.807) is 12.0 Å². The number of aromatic nitrogens is 1. The first-order chi connectivity index (χ1) is 9.52. The van der Waals surface area contributed by atoms with E-state index in [9.17, 15) is 14.9 Å². The van der Waals surface area contributed by atoms with Crippen molar-refractivity contribution in [3.8, 4) is 0 Å². The number of nitrogens with two attached hydrogens (primary N) is 1. The largest absolute Gasteiger partial charge is 0.383 e. The van der Waals surface area contributed by atoms with Gasteiger partial charge in [-0.1, -0.05) is 0 Å². The van der Waals surface area contributed by atoms with Gasteiger partial charge in [-0.3, -0.25) is 14.9 Å². The van der Waals surface area contributed by atoms with Crippen LogP contribution in [-0.4, -0.2) is 47.0 Å². The summed E-state index contributed by atoms with van der Waals surface area (Å²) in [5, 5.41) is 10.7. The molecule has 2 rings (SSSR count). The van der Waals surface area contributed by atoms with E-state index < -0.39 is 4.92 Å². The molecule has 1 aliphatic rings. The predicted octanol–water partition coefficient (Wildman–Crippen LogP) is 0.823. The zero-order chi connectivity index (χ0) is 14.7. The van der Waals surface area contributed by atoms with E-state index in [0.29, 0.717) is 13.1 Å². The van der Waals surface area contributed by atoms with E-state index >= 15 is 0 Å². The lowest BCUT2D eigenvalue weighted by Gasteiger charge is -2.31. The number of piperidine rings is 1. The van der Waals surface area contributed by atoms with Crippen LogP contribution in [0, 0.1) is 10.1 Å². The Morgan fingerprint density at radius 3 is 2.75 bits per heavy atom. The first-order valence-corrected chi connectivity index (χ1v) is 6.25. The first-order valence-electron chi connectivity index (χ1n) is 6.25. The molecule has 1 aromatic heterocycles. The topological polar surface area (TPSA) is 112 Å². The Morgan fingerprint density at radius 1 is 1.55 bits per heavy atom. The van der Waals surface area contributed by atoms with Gasteiger partial charge in [0.1, 0.15) is 12.0 Å². The van der Waals surface area contributed by atoms with Crippen molar-refractivity contribution < 1.29 is 14.5 Å². The third kappa shape index (κ3) is 2.85. The summed E-state index contributed by atoms with van der Waals surface area (Å²) in [7, 11) is 1.64. The number of rotatable bonds is 3. The Balaban J connectivity index is 2.17. The summed E-state index contributed by atoms with van der Waals surface area (Å²) in [5.74, 6) is -0.317. The molecule has 1 saturated heterocycles. The summed E-state index contributed by atoms with van der Waals surface area (Å²) in [4.78, 5) is 27.8. The van der Waals surface area contributed by atoms with Crippen LogP contribution >= 0.6 is 0 Å². The molecule has 0 saturated carbocycles. The number of anilines is 1. The standard InChI is InChI=1S/C12H16N4O4/c1-20-9-2-4-15(5-3-9)12(17)10-6-8(16(18)19)7-14-11(10)13/h6-7,9H,2-5H2,1H3,(H2,13,14). The van der Waals surface area contributed by atoms with Crippen LogP contribution in [0.5, 0.6) is 0 Å². The molecule has 8 nitrogen and oxygen atoms in total. The highest BCUT2D eigenvalue weighted by Gasteiger charge is 2.26. The molecule has 0 bridgehead atoms. The molecule has 0 atom stereocenters. The fourth-order valence-electron chi connectivity index (χ4n) is 2.20. The summed E-state index contributed by atoms with van der Waals surface area (Å²) in [6.07, 6.45) is 2.68. The normalized spacial score (nSPS) is 16.1. The lowest BCUT2D eigenvalue weighted by atomic mass is 10.1. The van der Waals surface area contributed by atoms with Crippen molar-refractivity contribution in [2.24, 2.45) is 0 Å². The number of hydrogen-bond acceptors (Lipinski definition) is 6. The summed E-state index contributed by atoms with van der Waals surface area (Å²) in [6.45, 7) is 1.08. The Hall–Kier alpha value is -2.22. The maximum Gasteiger partial charge on any atom is 0.288 e. The van der Waals surface area contributed by atoms with Gasteiger partial charge < -0.3 is 15.4 Å². The number of methoxy groups -OCH3 is 1. The van der Waals surface area contributed by atoms with Crippen LogP contribution in [0.2, 0.25) is 0 Å². The van der Waals surface area contributed by atoms with Gasteiger partial charge in [-0.25, -0.2) is 4.98 Å². The third-order valence-corrected chi connectivity index (χ3v) is 3.41. The quantitative estimate of drug-likeness (QED) is 0.648. The van der Waals surface area contributed by atoms with Crippen molar-refractivity contribution in [3.63, 3.8) is 0 Å². The van der Waals surface area contributed by atoms with E-state index in [2.05, 4.69) is 4.98 Å². The minimum atomic E-state index is -0.597. The molecule has 1 aliphatic heterocycles. The smallest absolute Gasteiger partial charge is 0.288 e. The second-order valence-electron chi connectivity index (χ2n) is 4.61. The Bertz CT molecular complexity index is 526. The number of pyridine rings is 1. The fraction of sp³-hybridized carbons (Fsp3) is 0.500. The minimum absolute atomic E-state index is 0.00876. The van der Waals surface area contributed by atoms with Gasteiger partial charge in [-0.2, -0.15) is 0 Å². The van der Waals surface area contributed by atoms with Crippen LogP contribution in [-0.2, 0) is 4.74 Å². The zero-order valence-corrected chi connectivity index (χ0v) is 11.1. The first kappa shape index (κ1) is 14.2. The second-order valence-corrected chi connectivity index (χ2v) is 4.61. The fourth-order valence-corrected chi connectivity index (χ4v) is 2.20. The van der Waals surface area contributed by atoms with E-state index in [4.69, 9.17) is 10.5 Å². The molecule has 2 heterocycles. The number of carbonyl (C=O) groups excluding carboxylic acids is 1. The number of nitrogen functional groups attached to an aromatic ring is 1. The van der Waals surface area contributed by atoms with Crippen molar-refractivity contribution in [1.29, 1.82) is 0 Å². The molecule has 1 aromatic rings. The number of nitrogens with zero attached hydrogens (tertiary/aromatic N) is 3. The average molecular weight is 280 g/mol. The van der Waals surface area contributed by atoms with Crippen molar-refractivity contribution in [2.75, 3.05) is 25.9 Å². The molecule has 8 heteroatoms. The van der Waals surface area contributed by atoms with Gasteiger partial charge in [-0.15, -0.1) is 0 Å². The van der Waals surface area contributed by atoms with Crippen LogP contribution < -0.4 is 5.73 Å². The number of amides is 1. The molecule has 20 heavy (non-hydrogen) atoms. The number of likely N-dealkylation sites (tertiary alicyclic amines) is 1. The number of carbonyl (C=O) groups is 1. The maximum absolute atomic E-state index is 12.3. The molecule has 1 fully saturated rings. The van der Waals surface area contributed by atoms with Crippen LogP contribution in [0.15, 0.2) is 12.3 Å². The summed E-state index contributed by atoms with van der Waals surface area (Å²) in [6, 6.07) is 1.17. The third-order valence-electron chi connectivity index (χ3n) is 3.41. The van der Waals surface area contributed by atoms with E-state index in [1.165, 1.54) is 6.07 Å². The van der Waals surface area contributed by atoms with Gasteiger partial charge in [0, 0.05) is 26.3 Å². The van der Waals surface area contributed by atoms with E-state index in [-0.39, 0.29) is 29.1 Å². The van der Waals surface area contributed by atoms with Crippen molar-refractivity contribution >= 4 is 17.4 Å². The highest BCUT2D eigenvalue weighted by molar-refractivity contribution is 5.98. The van der Waals surface area contributed by atoms with Gasteiger partial charge in [0.25, 0.3) is 11.6 Å². The Kier molecular flexibility index (Phi) is 4.14. The number of nitro groups is 1. The zero-order valence-electron chi connectivity index (χ0n) is 11.1. The lowest BCUT2D eigenvalue weighted by Crippen LogP contribution is -2.40. The molecule has 2 N–H and O–H groups in total. The van der Waals surface area contributed by atoms with Gasteiger partial charge in [0.15, 0.2) is 0 Å². The highest BCUT2D eigenvalue weighted by atomic mass is 16.6.